The maximum Gasteiger partial charge on any atom is 0.338 e. The largest absolute Gasteiger partial charge is 0.461 e. The number of hydrogen-bond donors (Lipinski definition) is 0. The van der Waals surface area contributed by atoms with Gasteiger partial charge in [-0.25, -0.2) is 4.79 Å². The molecule has 2 aliphatic carbocycles. The number of hydrogen-bond acceptors (Lipinski definition) is 7. The molecule has 6 atom stereocenters. The first-order valence-electron chi connectivity index (χ1n) is 10.6. The van der Waals surface area contributed by atoms with Crippen LogP contribution in [0.25, 0.3) is 0 Å². The molecule has 1 aromatic carbocycles. The van der Waals surface area contributed by atoms with E-state index in [9.17, 15) is 14.4 Å². The zero-order valence-corrected chi connectivity index (χ0v) is 17.9. The van der Waals surface area contributed by atoms with Crippen LogP contribution in [0.3, 0.4) is 0 Å². The molecule has 7 nitrogen and oxygen atoms in total. The summed E-state index contributed by atoms with van der Waals surface area (Å²) in [6.45, 7) is 5.69. The lowest BCUT2D eigenvalue weighted by molar-refractivity contribution is -0.217. The Morgan fingerprint density at radius 2 is 1.94 bits per heavy atom. The first-order valence-corrected chi connectivity index (χ1v) is 10.6. The molecule has 0 N–H and O–H groups in total. The zero-order valence-electron chi connectivity index (χ0n) is 17.9. The number of allylic oxidation sites excluding steroid dienone is 1. The van der Waals surface area contributed by atoms with Gasteiger partial charge in [-0.3, -0.25) is 9.59 Å². The Bertz CT molecular complexity index is 979. The number of fused-ring (bicyclic) bond motifs is 2. The molecule has 5 rings (SSSR count). The molecule has 1 aromatic rings. The average molecular weight is 426 g/mol. The second kappa shape index (κ2) is 6.74. The van der Waals surface area contributed by atoms with E-state index < -0.39 is 40.7 Å². The van der Waals surface area contributed by atoms with Gasteiger partial charge in [0.2, 0.25) is 0 Å². The molecule has 2 bridgehead atoms. The minimum atomic E-state index is -0.810. The summed E-state index contributed by atoms with van der Waals surface area (Å²) >= 11 is 0. The monoisotopic (exact) mass is 426 g/mol. The molecule has 2 saturated heterocycles. The predicted octanol–water partition coefficient (Wildman–Crippen LogP) is 2.63. The predicted molar refractivity (Wildman–Crippen MR) is 108 cm³/mol. The van der Waals surface area contributed by atoms with Crippen molar-refractivity contribution in [2.75, 3.05) is 13.2 Å². The Morgan fingerprint density at radius 1 is 1.23 bits per heavy atom. The highest BCUT2D eigenvalue weighted by atomic mass is 16.7. The number of esters is 2. The van der Waals surface area contributed by atoms with Crippen LogP contribution in [0.4, 0.5) is 0 Å². The Kier molecular flexibility index (Phi) is 4.44. The Hall–Kier alpha value is -2.51. The zero-order chi connectivity index (χ0) is 22.0. The van der Waals surface area contributed by atoms with Crippen LogP contribution in [0.5, 0.6) is 0 Å². The second-order valence-electron chi connectivity index (χ2n) is 9.39. The van der Waals surface area contributed by atoms with Crippen molar-refractivity contribution in [3.8, 4) is 0 Å². The van der Waals surface area contributed by atoms with Gasteiger partial charge in [-0.15, -0.1) is 0 Å². The van der Waals surface area contributed by atoms with Crippen LogP contribution in [-0.4, -0.2) is 54.8 Å². The van der Waals surface area contributed by atoms with Gasteiger partial charge in [0.1, 0.15) is 24.4 Å². The van der Waals surface area contributed by atoms with Crippen molar-refractivity contribution in [3.63, 3.8) is 0 Å². The van der Waals surface area contributed by atoms with Gasteiger partial charge in [-0.2, -0.15) is 0 Å². The number of benzene rings is 1. The van der Waals surface area contributed by atoms with E-state index in [-0.39, 0.29) is 24.8 Å². The highest BCUT2D eigenvalue weighted by Crippen LogP contribution is 2.71. The molecule has 0 amide bonds. The molecule has 0 aromatic heterocycles. The van der Waals surface area contributed by atoms with Crippen LogP contribution in [-0.2, 0) is 28.5 Å². The summed E-state index contributed by atoms with van der Waals surface area (Å²) in [5.74, 6) is -0.823. The molecule has 1 saturated carbocycles. The summed E-state index contributed by atoms with van der Waals surface area (Å²) in [5, 5.41) is 0. The van der Waals surface area contributed by atoms with Gasteiger partial charge >= 0.3 is 11.9 Å². The third-order valence-corrected chi connectivity index (χ3v) is 7.84. The van der Waals surface area contributed by atoms with Crippen molar-refractivity contribution in [1.82, 2.24) is 0 Å². The normalized spacial score (nSPS) is 40.2. The molecule has 0 unspecified atom stereocenters. The van der Waals surface area contributed by atoms with E-state index in [1.54, 1.807) is 31.2 Å². The van der Waals surface area contributed by atoms with Gasteiger partial charge in [-0.1, -0.05) is 25.1 Å². The van der Waals surface area contributed by atoms with Crippen LogP contribution < -0.4 is 0 Å². The molecule has 0 radical (unpaired) electrons. The molecule has 3 fully saturated rings. The fraction of sp³-hybridized carbons (Fsp3) is 0.542. The Balaban J connectivity index is 1.53. The second-order valence-corrected chi connectivity index (χ2v) is 9.39. The summed E-state index contributed by atoms with van der Waals surface area (Å²) in [7, 11) is 0. The lowest BCUT2D eigenvalue weighted by Crippen LogP contribution is -2.65. The van der Waals surface area contributed by atoms with Crippen molar-refractivity contribution < 1.29 is 33.3 Å². The molecule has 4 aliphatic rings. The number of rotatable bonds is 4. The lowest BCUT2D eigenvalue weighted by Gasteiger charge is -2.56. The van der Waals surface area contributed by atoms with Gasteiger partial charge in [0, 0.05) is 18.8 Å². The van der Waals surface area contributed by atoms with Gasteiger partial charge in [0.15, 0.2) is 5.78 Å². The van der Waals surface area contributed by atoms with E-state index in [0.29, 0.717) is 24.2 Å². The smallest absolute Gasteiger partial charge is 0.338 e. The molecular formula is C24H26O7. The third-order valence-electron chi connectivity index (χ3n) is 7.84. The number of epoxide rings is 1. The van der Waals surface area contributed by atoms with E-state index in [2.05, 4.69) is 6.92 Å². The first-order chi connectivity index (χ1) is 14.7. The average Bonchev–Trinajstić information content (AvgIpc) is 3.51. The molecular weight excluding hydrogens is 400 g/mol. The van der Waals surface area contributed by atoms with E-state index in [4.69, 9.17) is 18.9 Å². The summed E-state index contributed by atoms with van der Waals surface area (Å²) in [6.07, 6.45) is 1.17. The number of ether oxygens (including phenoxy) is 4. The van der Waals surface area contributed by atoms with E-state index >= 15 is 0 Å². The van der Waals surface area contributed by atoms with Crippen molar-refractivity contribution in [1.29, 1.82) is 0 Å². The van der Waals surface area contributed by atoms with Crippen molar-refractivity contribution >= 4 is 17.7 Å². The van der Waals surface area contributed by atoms with E-state index in [0.717, 1.165) is 0 Å². The van der Waals surface area contributed by atoms with Crippen LogP contribution in [0.1, 0.15) is 44.0 Å². The molecule has 164 valence electrons. The van der Waals surface area contributed by atoms with Crippen LogP contribution in [0.15, 0.2) is 42.0 Å². The standard InChI is InChI=1S/C24H26O7/c1-14-9-19-23(10-17(14)26,12-28-21(27)16-7-5-4-6-8-16)22(3)11-18(30-15(2)25)20(31-19)24(22)13-29-24/h4-9,18-20H,10-13H2,1-3H3/t18-,19-,20-,22-,23-,24+/m1/s1. The summed E-state index contributed by atoms with van der Waals surface area (Å²) < 4.78 is 23.9. The molecule has 2 heterocycles. The SMILES string of the molecule is CC(=O)O[C@@H]1C[C@]2(C)[C@@]3(COC(=O)c4ccccc4)CC(=O)C(C)=C[C@H]3O[C@H]1[C@@]21CO1. The van der Waals surface area contributed by atoms with E-state index in [1.807, 2.05) is 12.1 Å². The lowest BCUT2D eigenvalue weighted by atomic mass is 9.52. The van der Waals surface area contributed by atoms with E-state index in [1.165, 1.54) is 6.92 Å². The minimum Gasteiger partial charge on any atom is -0.461 e. The fourth-order valence-electron chi connectivity index (χ4n) is 5.98. The molecule has 2 aliphatic heterocycles. The van der Waals surface area contributed by atoms with Gasteiger partial charge in [0.25, 0.3) is 0 Å². The highest BCUT2D eigenvalue weighted by Gasteiger charge is 2.82. The van der Waals surface area contributed by atoms with Gasteiger partial charge in [-0.05, 0) is 37.1 Å². The maximum absolute atomic E-state index is 12.9. The number of ketones is 1. The Labute approximate surface area is 180 Å². The van der Waals surface area contributed by atoms with Crippen LogP contribution >= 0.6 is 0 Å². The summed E-state index contributed by atoms with van der Waals surface area (Å²) in [4.78, 5) is 37.4. The molecule has 7 heteroatoms. The number of carbonyl (C=O) groups excluding carboxylic acids is 3. The summed E-state index contributed by atoms with van der Waals surface area (Å²) in [5.41, 5.74) is -0.948. The number of carbonyl (C=O) groups is 3. The van der Waals surface area contributed by atoms with Gasteiger partial charge < -0.3 is 18.9 Å². The van der Waals surface area contributed by atoms with Crippen LogP contribution in [0, 0.1) is 10.8 Å². The maximum atomic E-state index is 12.9. The molecule has 1 spiro atoms. The molecule has 31 heavy (non-hydrogen) atoms. The number of Topliss-reactive ketones (excluding diaryl/α,β-unsaturated/α-hetero) is 1. The fourth-order valence-corrected chi connectivity index (χ4v) is 5.98. The van der Waals surface area contributed by atoms with Crippen LogP contribution in [0.2, 0.25) is 0 Å². The Morgan fingerprint density at radius 3 is 2.58 bits per heavy atom. The minimum absolute atomic E-state index is 0.00187. The van der Waals surface area contributed by atoms with Crippen molar-refractivity contribution in [2.24, 2.45) is 10.8 Å². The third kappa shape index (κ3) is 2.76. The quantitative estimate of drug-likeness (QED) is 0.540. The van der Waals surface area contributed by atoms with Crippen molar-refractivity contribution in [3.05, 3.63) is 47.5 Å². The topological polar surface area (TPSA) is 91.4 Å². The summed E-state index contributed by atoms with van der Waals surface area (Å²) in [6, 6.07) is 8.77. The van der Waals surface area contributed by atoms with Crippen molar-refractivity contribution in [2.45, 2.75) is 57.5 Å². The first kappa shape index (κ1) is 20.4. The highest BCUT2D eigenvalue weighted by molar-refractivity contribution is 5.96. The van der Waals surface area contributed by atoms with Gasteiger partial charge in [0.05, 0.1) is 23.7 Å².